The second-order valence-corrected chi connectivity index (χ2v) is 7.34. The van der Waals surface area contributed by atoms with Gasteiger partial charge >= 0.3 is 0 Å². The average molecular weight is 361 g/mol. The van der Waals surface area contributed by atoms with Crippen molar-refractivity contribution in [1.82, 2.24) is 4.90 Å². The van der Waals surface area contributed by atoms with Gasteiger partial charge in [-0.2, -0.15) is 0 Å². The van der Waals surface area contributed by atoms with Gasteiger partial charge in [-0.05, 0) is 41.6 Å². The Morgan fingerprint density at radius 3 is 2.78 bits per heavy atom. The van der Waals surface area contributed by atoms with E-state index in [0.717, 1.165) is 17.1 Å². The smallest absolute Gasteiger partial charge is 0.137 e. The standard InChI is InChI=1S/C23H23NO3/c1-24-22-17(14-27-23(24)16-7-5-8-18(12-16)25-2)13-26-20-11-10-15-6-3-4-9-19(15)21(20)22/h3-12,17,22-23H,13-14H2,1-2H3/t17-,22+,23+/m0/s1. The molecule has 0 aliphatic carbocycles. The van der Waals surface area contributed by atoms with Gasteiger partial charge in [0.1, 0.15) is 17.7 Å². The van der Waals surface area contributed by atoms with Gasteiger partial charge < -0.3 is 14.2 Å². The molecule has 2 aliphatic heterocycles. The van der Waals surface area contributed by atoms with Crippen LogP contribution in [0.5, 0.6) is 11.5 Å². The van der Waals surface area contributed by atoms with E-state index in [2.05, 4.69) is 60.5 Å². The van der Waals surface area contributed by atoms with E-state index in [1.54, 1.807) is 7.11 Å². The second kappa shape index (κ2) is 6.55. The van der Waals surface area contributed by atoms with E-state index < -0.39 is 0 Å². The molecule has 0 N–H and O–H groups in total. The first kappa shape index (κ1) is 16.6. The topological polar surface area (TPSA) is 30.9 Å². The number of benzene rings is 3. The van der Waals surface area contributed by atoms with Gasteiger partial charge in [-0.3, -0.25) is 4.90 Å². The largest absolute Gasteiger partial charge is 0.497 e. The highest BCUT2D eigenvalue weighted by Crippen LogP contribution is 2.48. The first-order valence-corrected chi connectivity index (χ1v) is 9.38. The summed E-state index contributed by atoms with van der Waals surface area (Å²) < 4.78 is 17.8. The second-order valence-electron chi connectivity index (χ2n) is 7.34. The van der Waals surface area contributed by atoms with Crippen molar-refractivity contribution in [2.75, 3.05) is 27.4 Å². The lowest BCUT2D eigenvalue weighted by molar-refractivity contribution is -0.155. The minimum absolute atomic E-state index is 0.105. The number of rotatable bonds is 2. The molecule has 1 saturated heterocycles. The van der Waals surface area contributed by atoms with Gasteiger partial charge in [0.25, 0.3) is 0 Å². The highest BCUT2D eigenvalue weighted by molar-refractivity contribution is 5.88. The Kier molecular flexibility index (Phi) is 4.03. The van der Waals surface area contributed by atoms with E-state index in [0.29, 0.717) is 19.1 Å². The van der Waals surface area contributed by atoms with Crippen molar-refractivity contribution in [2.24, 2.45) is 5.92 Å². The summed E-state index contributed by atoms with van der Waals surface area (Å²) in [7, 11) is 3.85. The van der Waals surface area contributed by atoms with Gasteiger partial charge in [-0.25, -0.2) is 0 Å². The molecule has 3 atom stereocenters. The van der Waals surface area contributed by atoms with Crippen molar-refractivity contribution in [3.05, 3.63) is 71.8 Å². The van der Waals surface area contributed by atoms with Crippen molar-refractivity contribution < 1.29 is 14.2 Å². The molecule has 5 rings (SSSR count). The normalized spacial score (nSPS) is 24.7. The molecule has 4 nitrogen and oxygen atoms in total. The maximum Gasteiger partial charge on any atom is 0.137 e. The van der Waals surface area contributed by atoms with Crippen molar-refractivity contribution in [3.63, 3.8) is 0 Å². The third-order valence-corrected chi connectivity index (χ3v) is 5.78. The monoisotopic (exact) mass is 361 g/mol. The predicted molar refractivity (Wildman–Crippen MR) is 105 cm³/mol. The molecule has 0 radical (unpaired) electrons. The van der Waals surface area contributed by atoms with E-state index in [4.69, 9.17) is 14.2 Å². The first-order valence-electron chi connectivity index (χ1n) is 9.38. The van der Waals surface area contributed by atoms with Crippen LogP contribution >= 0.6 is 0 Å². The zero-order valence-corrected chi connectivity index (χ0v) is 15.6. The number of methoxy groups -OCH3 is 1. The van der Waals surface area contributed by atoms with Gasteiger partial charge in [0.05, 0.1) is 20.3 Å². The zero-order valence-electron chi connectivity index (χ0n) is 15.6. The van der Waals surface area contributed by atoms with Gasteiger partial charge in [-0.1, -0.05) is 42.5 Å². The maximum absolute atomic E-state index is 6.26. The van der Waals surface area contributed by atoms with Crippen LogP contribution in [0.15, 0.2) is 60.7 Å². The summed E-state index contributed by atoms with van der Waals surface area (Å²) in [6.07, 6.45) is -0.105. The fourth-order valence-corrected chi connectivity index (χ4v) is 4.51. The molecule has 2 heterocycles. The van der Waals surface area contributed by atoms with E-state index in [1.165, 1.54) is 16.3 Å². The summed E-state index contributed by atoms with van der Waals surface area (Å²) in [5, 5.41) is 2.51. The summed E-state index contributed by atoms with van der Waals surface area (Å²) >= 11 is 0. The summed E-state index contributed by atoms with van der Waals surface area (Å²) in [6.45, 7) is 1.37. The molecule has 0 amide bonds. The molecule has 27 heavy (non-hydrogen) atoms. The Hall–Kier alpha value is -2.56. The summed E-state index contributed by atoms with van der Waals surface area (Å²) in [4.78, 5) is 2.34. The third kappa shape index (κ3) is 2.68. The molecule has 0 spiro atoms. The Balaban J connectivity index is 1.60. The Bertz CT molecular complexity index is 986. The van der Waals surface area contributed by atoms with Crippen LogP contribution in [0.3, 0.4) is 0 Å². The van der Waals surface area contributed by atoms with Gasteiger partial charge in [-0.15, -0.1) is 0 Å². The molecule has 1 fully saturated rings. The fourth-order valence-electron chi connectivity index (χ4n) is 4.51. The molecule has 4 heteroatoms. The summed E-state index contributed by atoms with van der Waals surface area (Å²) in [6, 6.07) is 21.2. The van der Waals surface area contributed by atoms with Crippen molar-refractivity contribution in [1.29, 1.82) is 0 Å². The minimum atomic E-state index is -0.105. The van der Waals surface area contributed by atoms with Crippen LogP contribution in [0.4, 0.5) is 0 Å². The number of fused-ring (bicyclic) bond motifs is 5. The van der Waals surface area contributed by atoms with Crippen LogP contribution in [-0.2, 0) is 4.74 Å². The number of hydrogen-bond donors (Lipinski definition) is 0. The van der Waals surface area contributed by atoms with Gasteiger partial charge in [0.15, 0.2) is 0 Å². The number of ether oxygens (including phenoxy) is 3. The van der Waals surface area contributed by atoms with Crippen molar-refractivity contribution >= 4 is 10.8 Å². The summed E-state index contributed by atoms with van der Waals surface area (Å²) in [5.74, 6) is 2.16. The third-order valence-electron chi connectivity index (χ3n) is 5.78. The van der Waals surface area contributed by atoms with Crippen LogP contribution in [0.25, 0.3) is 10.8 Å². The Labute approximate surface area is 159 Å². The highest BCUT2D eigenvalue weighted by Gasteiger charge is 2.42. The van der Waals surface area contributed by atoms with E-state index in [1.807, 2.05) is 12.1 Å². The molecule has 3 aromatic rings. The lowest BCUT2D eigenvalue weighted by atomic mass is 9.85. The first-order chi connectivity index (χ1) is 13.3. The molecule has 0 bridgehead atoms. The lowest BCUT2D eigenvalue weighted by Gasteiger charge is -2.47. The minimum Gasteiger partial charge on any atom is -0.497 e. The van der Waals surface area contributed by atoms with Crippen LogP contribution in [0, 0.1) is 5.92 Å². The Morgan fingerprint density at radius 2 is 1.89 bits per heavy atom. The Morgan fingerprint density at radius 1 is 1.00 bits per heavy atom. The zero-order chi connectivity index (χ0) is 18.4. The molecular weight excluding hydrogens is 338 g/mol. The van der Waals surface area contributed by atoms with Crippen LogP contribution in [0.1, 0.15) is 23.4 Å². The molecular formula is C23H23NO3. The molecule has 3 aromatic carbocycles. The van der Waals surface area contributed by atoms with Crippen molar-refractivity contribution in [2.45, 2.75) is 12.3 Å². The number of hydrogen-bond acceptors (Lipinski definition) is 4. The van der Waals surface area contributed by atoms with E-state index >= 15 is 0 Å². The van der Waals surface area contributed by atoms with Crippen LogP contribution < -0.4 is 9.47 Å². The molecule has 2 aliphatic rings. The SMILES string of the molecule is COc1cccc([C@H]2OC[C@@H]3COc4ccc5ccccc5c4[C@@H]3N2C)c1. The molecule has 0 unspecified atom stereocenters. The van der Waals surface area contributed by atoms with Gasteiger partial charge in [0.2, 0.25) is 0 Å². The van der Waals surface area contributed by atoms with E-state index in [-0.39, 0.29) is 12.3 Å². The van der Waals surface area contributed by atoms with Crippen molar-refractivity contribution in [3.8, 4) is 11.5 Å². The molecule has 0 aromatic heterocycles. The highest BCUT2D eigenvalue weighted by atomic mass is 16.5. The van der Waals surface area contributed by atoms with E-state index in [9.17, 15) is 0 Å². The fraction of sp³-hybridized carbons (Fsp3) is 0.304. The predicted octanol–water partition coefficient (Wildman–Crippen LogP) is 4.56. The quantitative estimate of drug-likeness (QED) is 0.670. The van der Waals surface area contributed by atoms with Crippen LogP contribution in [0.2, 0.25) is 0 Å². The average Bonchev–Trinajstić information content (AvgIpc) is 2.73. The molecule has 138 valence electrons. The molecule has 0 saturated carbocycles. The van der Waals surface area contributed by atoms with Gasteiger partial charge in [0, 0.05) is 17.5 Å². The summed E-state index contributed by atoms with van der Waals surface area (Å²) in [5.41, 5.74) is 2.40. The maximum atomic E-state index is 6.26. The number of nitrogens with zero attached hydrogens (tertiary/aromatic N) is 1. The lowest BCUT2D eigenvalue weighted by Crippen LogP contribution is -2.46. The van der Waals surface area contributed by atoms with Crippen LogP contribution in [-0.4, -0.2) is 32.3 Å².